The zero-order chi connectivity index (χ0) is 14.5. The van der Waals surface area contributed by atoms with E-state index in [0.29, 0.717) is 18.0 Å². The van der Waals surface area contributed by atoms with Crippen molar-refractivity contribution in [3.05, 3.63) is 35.4 Å². The van der Waals surface area contributed by atoms with Gasteiger partial charge in [0.1, 0.15) is 0 Å². The summed E-state index contributed by atoms with van der Waals surface area (Å²) in [5.41, 5.74) is 0.403. The SMILES string of the molecule is CN1CCC(CNCC(O)c2ccc(F)c(F)c2)CC1. The first kappa shape index (κ1) is 15.4. The van der Waals surface area contributed by atoms with Crippen LogP contribution in [0.3, 0.4) is 0 Å². The van der Waals surface area contributed by atoms with Gasteiger partial charge in [0.15, 0.2) is 11.6 Å². The van der Waals surface area contributed by atoms with E-state index in [1.165, 1.54) is 6.07 Å². The van der Waals surface area contributed by atoms with Gasteiger partial charge in [0.2, 0.25) is 0 Å². The van der Waals surface area contributed by atoms with E-state index in [1.54, 1.807) is 0 Å². The Bertz CT molecular complexity index is 434. The number of nitrogens with one attached hydrogen (secondary N) is 1. The average molecular weight is 284 g/mol. The number of halogens is 2. The maximum atomic E-state index is 13.1. The van der Waals surface area contributed by atoms with Crippen LogP contribution >= 0.6 is 0 Å². The van der Waals surface area contributed by atoms with Crippen LogP contribution in [-0.4, -0.2) is 43.2 Å². The van der Waals surface area contributed by atoms with Crippen LogP contribution in [0.2, 0.25) is 0 Å². The predicted molar refractivity (Wildman–Crippen MR) is 74.4 cm³/mol. The highest BCUT2D eigenvalue weighted by atomic mass is 19.2. The van der Waals surface area contributed by atoms with Crippen LogP contribution in [0.5, 0.6) is 0 Å². The number of benzene rings is 1. The van der Waals surface area contributed by atoms with Gasteiger partial charge in [0, 0.05) is 6.54 Å². The lowest BCUT2D eigenvalue weighted by Gasteiger charge is -2.29. The minimum absolute atomic E-state index is 0.359. The van der Waals surface area contributed by atoms with Crippen LogP contribution in [0, 0.1) is 17.6 Å². The third-order valence-corrected chi connectivity index (χ3v) is 3.94. The summed E-state index contributed by atoms with van der Waals surface area (Å²) in [5.74, 6) is -1.18. The number of hydrogen-bond donors (Lipinski definition) is 2. The summed E-state index contributed by atoms with van der Waals surface area (Å²) in [6, 6.07) is 3.52. The van der Waals surface area contributed by atoms with Crippen molar-refractivity contribution < 1.29 is 13.9 Å². The van der Waals surface area contributed by atoms with Crippen LogP contribution < -0.4 is 5.32 Å². The van der Waals surface area contributed by atoms with E-state index in [1.807, 2.05) is 0 Å². The number of aliphatic hydroxyl groups is 1. The van der Waals surface area contributed by atoms with Crippen molar-refractivity contribution in [1.82, 2.24) is 10.2 Å². The summed E-state index contributed by atoms with van der Waals surface area (Å²) in [4.78, 5) is 2.31. The summed E-state index contributed by atoms with van der Waals surface area (Å²) >= 11 is 0. The average Bonchev–Trinajstić information content (AvgIpc) is 2.44. The Balaban J connectivity index is 1.74. The van der Waals surface area contributed by atoms with Gasteiger partial charge in [-0.25, -0.2) is 8.78 Å². The molecule has 0 aromatic heterocycles. The Hall–Kier alpha value is -1.04. The third-order valence-electron chi connectivity index (χ3n) is 3.94. The molecule has 20 heavy (non-hydrogen) atoms. The molecule has 1 aromatic carbocycles. The van der Waals surface area contributed by atoms with Gasteiger partial charge in [-0.1, -0.05) is 6.07 Å². The van der Waals surface area contributed by atoms with Crippen molar-refractivity contribution in [3.8, 4) is 0 Å². The molecule has 0 radical (unpaired) electrons. The highest BCUT2D eigenvalue weighted by Gasteiger charge is 2.17. The van der Waals surface area contributed by atoms with Crippen LogP contribution in [0.1, 0.15) is 24.5 Å². The molecule has 2 N–H and O–H groups in total. The highest BCUT2D eigenvalue weighted by Crippen LogP contribution is 2.17. The molecule has 1 aromatic rings. The summed E-state index contributed by atoms with van der Waals surface area (Å²) in [6.45, 7) is 3.43. The van der Waals surface area contributed by atoms with E-state index >= 15 is 0 Å². The number of rotatable bonds is 5. The van der Waals surface area contributed by atoms with E-state index in [0.717, 1.165) is 44.6 Å². The fourth-order valence-corrected chi connectivity index (χ4v) is 2.53. The molecular formula is C15H22F2N2O. The van der Waals surface area contributed by atoms with Crippen LogP contribution in [0.25, 0.3) is 0 Å². The van der Waals surface area contributed by atoms with E-state index in [4.69, 9.17) is 0 Å². The second-order valence-electron chi connectivity index (χ2n) is 5.59. The molecule has 1 unspecified atom stereocenters. The number of nitrogens with zero attached hydrogens (tertiary/aromatic N) is 1. The smallest absolute Gasteiger partial charge is 0.159 e. The maximum absolute atomic E-state index is 13.1. The molecular weight excluding hydrogens is 262 g/mol. The lowest BCUT2D eigenvalue weighted by molar-refractivity contribution is 0.165. The molecule has 0 spiro atoms. The van der Waals surface area contributed by atoms with Crippen LogP contribution in [0.15, 0.2) is 18.2 Å². The van der Waals surface area contributed by atoms with Gasteiger partial charge in [-0.3, -0.25) is 0 Å². The molecule has 1 atom stereocenters. The first-order chi connectivity index (χ1) is 9.56. The quantitative estimate of drug-likeness (QED) is 0.867. The molecule has 0 amide bonds. The van der Waals surface area contributed by atoms with Gasteiger partial charge in [-0.15, -0.1) is 0 Å². The Kier molecular flexibility index (Phi) is 5.46. The Labute approximate surface area is 118 Å². The predicted octanol–water partition coefficient (Wildman–Crippen LogP) is 1.93. The van der Waals surface area contributed by atoms with Crippen LogP contribution in [0.4, 0.5) is 8.78 Å². The molecule has 3 nitrogen and oxygen atoms in total. The van der Waals surface area contributed by atoms with Gasteiger partial charge in [0.05, 0.1) is 6.10 Å². The van der Waals surface area contributed by atoms with Gasteiger partial charge < -0.3 is 15.3 Å². The summed E-state index contributed by atoms with van der Waals surface area (Å²) in [6.07, 6.45) is 1.51. The van der Waals surface area contributed by atoms with Gasteiger partial charge in [0.25, 0.3) is 0 Å². The third kappa shape index (κ3) is 4.23. The lowest BCUT2D eigenvalue weighted by atomic mass is 9.97. The Morgan fingerprint density at radius 3 is 2.65 bits per heavy atom. The molecule has 1 heterocycles. The lowest BCUT2D eigenvalue weighted by Crippen LogP contribution is -2.36. The van der Waals surface area contributed by atoms with Gasteiger partial charge >= 0.3 is 0 Å². The molecule has 1 fully saturated rings. The van der Waals surface area contributed by atoms with Crippen molar-refractivity contribution in [3.63, 3.8) is 0 Å². The Morgan fingerprint density at radius 2 is 2.00 bits per heavy atom. The molecule has 5 heteroatoms. The number of aliphatic hydroxyl groups excluding tert-OH is 1. The second kappa shape index (κ2) is 7.11. The summed E-state index contributed by atoms with van der Waals surface area (Å²) in [7, 11) is 2.12. The van der Waals surface area contributed by atoms with Gasteiger partial charge in [-0.2, -0.15) is 0 Å². The normalized spacial score (nSPS) is 19.2. The van der Waals surface area contributed by atoms with Crippen LogP contribution in [-0.2, 0) is 0 Å². The summed E-state index contributed by atoms with van der Waals surface area (Å²) in [5, 5.41) is 13.2. The Morgan fingerprint density at radius 1 is 1.30 bits per heavy atom. The maximum Gasteiger partial charge on any atom is 0.159 e. The minimum Gasteiger partial charge on any atom is -0.387 e. The van der Waals surface area contributed by atoms with Gasteiger partial charge in [-0.05, 0) is 63.1 Å². The molecule has 2 rings (SSSR count). The monoisotopic (exact) mass is 284 g/mol. The zero-order valence-electron chi connectivity index (χ0n) is 11.8. The number of likely N-dealkylation sites (tertiary alicyclic amines) is 1. The number of piperidine rings is 1. The second-order valence-corrected chi connectivity index (χ2v) is 5.59. The van der Waals surface area contributed by atoms with Crippen molar-refractivity contribution in [2.45, 2.75) is 18.9 Å². The molecule has 0 bridgehead atoms. The summed E-state index contributed by atoms with van der Waals surface area (Å²) < 4.78 is 25.9. The minimum atomic E-state index is -0.920. The van der Waals surface area contributed by atoms with Crippen molar-refractivity contribution in [2.24, 2.45) is 5.92 Å². The fourth-order valence-electron chi connectivity index (χ4n) is 2.53. The highest BCUT2D eigenvalue weighted by molar-refractivity contribution is 5.20. The molecule has 112 valence electrons. The number of hydrogen-bond acceptors (Lipinski definition) is 3. The fraction of sp³-hybridized carbons (Fsp3) is 0.600. The topological polar surface area (TPSA) is 35.5 Å². The first-order valence-electron chi connectivity index (χ1n) is 7.08. The van der Waals surface area contributed by atoms with Crippen molar-refractivity contribution in [1.29, 1.82) is 0 Å². The zero-order valence-corrected chi connectivity index (χ0v) is 11.8. The molecule has 1 saturated heterocycles. The van der Waals surface area contributed by atoms with Crippen molar-refractivity contribution >= 4 is 0 Å². The standard InChI is InChI=1S/C15H22F2N2O/c1-19-6-4-11(5-7-19)9-18-10-15(20)12-2-3-13(16)14(17)8-12/h2-3,8,11,15,18,20H,4-7,9-10H2,1H3. The molecule has 0 saturated carbocycles. The largest absolute Gasteiger partial charge is 0.387 e. The van der Waals surface area contributed by atoms with E-state index in [9.17, 15) is 13.9 Å². The molecule has 1 aliphatic heterocycles. The molecule has 0 aliphatic carbocycles. The molecule has 1 aliphatic rings. The van der Waals surface area contributed by atoms with E-state index in [-0.39, 0.29) is 0 Å². The first-order valence-corrected chi connectivity index (χ1v) is 7.08. The van der Waals surface area contributed by atoms with Crippen molar-refractivity contribution in [2.75, 3.05) is 33.2 Å². The van der Waals surface area contributed by atoms with E-state index in [2.05, 4.69) is 17.3 Å². The van der Waals surface area contributed by atoms with E-state index < -0.39 is 17.7 Å².